The number of benzene rings is 2. The maximum absolute atomic E-state index is 13.0. The van der Waals surface area contributed by atoms with Gasteiger partial charge in [-0.3, -0.25) is 4.79 Å². The number of anilines is 1. The average Bonchev–Trinajstić information content (AvgIpc) is 2.75. The molecule has 1 heterocycles. The fourth-order valence-electron chi connectivity index (χ4n) is 3.63. The normalized spacial score (nSPS) is 15.7. The van der Waals surface area contributed by atoms with Crippen LogP contribution in [0.4, 0.5) is 5.69 Å². The minimum absolute atomic E-state index is 0.0251. The number of carbonyl (C=O) groups is 1. The SMILES string of the molecule is COCC1(C(=O)Nc2cccc(COCc3ccc(OC)cc3)c2)CCNCC1. The van der Waals surface area contributed by atoms with E-state index < -0.39 is 5.41 Å². The number of hydrogen-bond donors (Lipinski definition) is 2. The number of rotatable bonds is 9. The Kier molecular flexibility index (Phi) is 7.63. The fourth-order valence-corrected chi connectivity index (χ4v) is 3.63. The smallest absolute Gasteiger partial charge is 0.233 e. The molecule has 1 fully saturated rings. The molecule has 2 N–H and O–H groups in total. The van der Waals surface area contributed by atoms with Crippen molar-refractivity contribution in [2.24, 2.45) is 5.41 Å². The monoisotopic (exact) mass is 398 g/mol. The molecular formula is C23H30N2O4. The van der Waals surface area contributed by atoms with E-state index in [0.717, 1.165) is 48.5 Å². The number of carbonyl (C=O) groups excluding carboxylic acids is 1. The Balaban J connectivity index is 1.56. The van der Waals surface area contributed by atoms with Gasteiger partial charge >= 0.3 is 0 Å². The third kappa shape index (κ3) is 5.79. The van der Waals surface area contributed by atoms with Crippen LogP contribution in [0, 0.1) is 5.41 Å². The first-order valence-corrected chi connectivity index (χ1v) is 9.96. The van der Waals surface area contributed by atoms with Crippen molar-refractivity contribution in [3.8, 4) is 5.75 Å². The molecule has 6 nitrogen and oxygen atoms in total. The standard InChI is InChI=1S/C23H30N2O4/c1-27-17-23(10-12-24-13-11-23)22(26)25-20-5-3-4-19(14-20)16-29-15-18-6-8-21(28-2)9-7-18/h3-9,14,24H,10-13,15-17H2,1-2H3,(H,25,26). The van der Waals surface area contributed by atoms with E-state index in [9.17, 15) is 4.79 Å². The van der Waals surface area contributed by atoms with Crippen molar-refractivity contribution < 1.29 is 19.0 Å². The Bertz CT molecular complexity index is 780. The lowest BCUT2D eigenvalue weighted by Crippen LogP contribution is -2.47. The van der Waals surface area contributed by atoms with Gasteiger partial charge in [0.15, 0.2) is 0 Å². The van der Waals surface area contributed by atoms with Crippen LogP contribution in [-0.2, 0) is 27.5 Å². The maximum atomic E-state index is 13.0. The van der Waals surface area contributed by atoms with Crippen molar-refractivity contribution in [3.05, 3.63) is 59.7 Å². The number of ether oxygens (including phenoxy) is 3. The lowest BCUT2D eigenvalue weighted by molar-refractivity contribution is -0.130. The van der Waals surface area contributed by atoms with E-state index in [1.807, 2.05) is 48.5 Å². The van der Waals surface area contributed by atoms with Crippen LogP contribution in [0.2, 0.25) is 0 Å². The molecule has 1 aliphatic rings. The minimum atomic E-state index is -0.471. The summed E-state index contributed by atoms with van der Waals surface area (Å²) in [6.07, 6.45) is 1.55. The summed E-state index contributed by atoms with van der Waals surface area (Å²) in [5.74, 6) is 0.856. The fraction of sp³-hybridized carbons (Fsp3) is 0.435. The quantitative estimate of drug-likeness (QED) is 0.678. The summed E-state index contributed by atoms with van der Waals surface area (Å²) in [5, 5.41) is 6.39. The minimum Gasteiger partial charge on any atom is -0.497 e. The van der Waals surface area contributed by atoms with Gasteiger partial charge in [-0.15, -0.1) is 0 Å². The van der Waals surface area contributed by atoms with Crippen LogP contribution in [0.3, 0.4) is 0 Å². The molecule has 2 aromatic rings. The van der Waals surface area contributed by atoms with Crippen LogP contribution in [0.5, 0.6) is 5.75 Å². The molecule has 2 aromatic carbocycles. The summed E-state index contributed by atoms with van der Waals surface area (Å²) in [7, 11) is 3.30. The predicted molar refractivity (Wildman–Crippen MR) is 113 cm³/mol. The van der Waals surface area contributed by atoms with Gasteiger partial charge in [0, 0.05) is 12.8 Å². The van der Waals surface area contributed by atoms with Gasteiger partial charge in [0.1, 0.15) is 5.75 Å². The second kappa shape index (κ2) is 10.4. The van der Waals surface area contributed by atoms with Gasteiger partial charge in [0.05, 0.1) is 32.3 Å². The van der Waals surface area contributed by atoms with Gasteiger partial charge in [-0.05, 0) is 61.3 Å². The van der Waals surface area contributed by atoms with Crippen molar-refractivity contribution in [1.82, 2.24) is 5.32 Å². The molecule has 3 rings (SSSR count). The molecule has 6 heteroatoms. The Morgan fingerprint density at radius 3 is 2.45 bits per heavy atom. The molecule has 156 valence electrons. The number of piperidine rings is 1. The van der Waals surface area contributed by atoms with Gasteiger partial charge in [0.2, 0.25) is 5.91 Å². The third-order valence-electron chi connectivity index (χ3n) is 5.34. The lowest BCUT2D eigenvalue weighted by atomic mass is 9.78. The second-order valence-electron chi connectivity index (χ2n) is 7.46. The second-order valence-corrected chi connectivity index (χ2v) is 7.46. The van der Waals surface area contributed by atoms with Crippen LogP contribution in [0.1, 0.15) is 24.0 Å². The topological polar surface area (TPSA) is 68.8 Å². The molecule has 0 saturated carbocycles. The maximum Gasteiger partial charge on any atom is 0.233 e. The van der Waals surface area contributed by atoms with Crippen molar-refractivity contribution >= 4 is 11.6 Å². The Morgan fingerprint density at radius 2 is 1.76 bits per heavy atom. The first kappa shape index (κ1) is 21.3. The highest BCUT2D eigenvalue weighted by Gasteiger charge is 2.39. The van der Waals surface area contributed by atoms with E-state index in [4.69, 9.17) is 14.2 Å². The van der Waals surface area contributed by atoms with Gasteiger partial charge < -0.3 is 24.8 Å². The highest BCUT2D eigenvalue weighted by atomic mass is 16.5. The third-order valence-corrected chi connectivity index (χ3v) is 5.34. The molecule has 1 amide bonds. The summed E-state index contributed by atoms with van der Waals surface area (Å²) in [6, 6.07) is 15.6. The van der Waals surface area contributed by atoms with Gasteiger partial charge in [-0.25, -0.2) is 0 Å². The number of amides is 1. The highest BCUT2D eigenvalue weighted by molar-refractivity contribution is 5.95. The van der Waals surface area contributed by atoms with Crippen LogP contribution in [-0.4, -0.2) is 39.8 Å². The first-order valence-electron chi connectivity index (χ1n) is 9.96. The van der Waals surface area contributed by atoms with Crippen molar-refractivity contribution in [1.29, 1.82) is 0 Å². The zero-order valence-electron chi connectivity index (χ0n) is 17.2. The molecule has 0 bridgehead atoms. The summed E-state index contributed by atoms with van der Waals surface area (Å²) in [6.45, 7) is 3.09. The molecule has 0 spiro atoms. The zero-order valence-corrected chi connectivity index (χ0v) is 17.2. The molecule has 0 aromatic heterocycles. The average molecular weight is 399 g/mol. The molecule has 1 aliphatic heterocycles. The van der Waals surface area contributed by atoms with Crippen LogP contribution < -0.4 is 15.4 Å². The van der Waals surface area contributed by atoms with E-state index in [0.29, 0.717) is 19.8 Å². The molecular weight excluding hydrogens is 368 g/mol. The molecule has 0 radical (unpaired) electrons. The van der Waals surface area contributed by atoms with E-state index in [1.54, 1.807) is 14.2 Å². The van der Waals surface area contributed by atoms with Crippen molar-refractivity contribution in [3.63, 3.8) is 0 Å². The van der Waals surface area contributed by atoms with Crippen LogP contribution >= 0.6 is 0 Å². The Morgan fingerprint density at radius 1 is 1.03 bits per heavy atom. The Hall–Kier alpha value is -2.41. The van der Waals surface area contributed by atoms with Crippen LogP contribution in [0.15, 0.2) is 48.5 Å². The van der Waals surface area contributed by atoms with E-state index in [-0.39, 0.29) is 5.91 Å². The summed E-state index contributed by atoms with van der Waals surface area (Å²) >= 11 is 0. The first-order chi connectivity index (χ1) is 14.1. The molecule has 29 heavy (non-hydrogen) atoms. The van der Waals surface area contributed by atoms with Crippen molar-refractivity contribution in [2.45, 2.75) is 26.1 Å². The number of hydrogen-bond acceptors (Lipinski definition) is 5. The number of nitrogens with one attached hydrogen (secondary N) is 2. The largest absolute Gasteiger partial charge is 0.497 e. The summed E-state index contributed by atoms with van der Waals surface area (Å²) < 4.78 is 16.4. The highest BCUT2D eigenvalue weighted by Crippen LogP contribution is 2.31. The van der Waals surface area contributed by atoms with Crippen LogP contribution in [0.25, 0.3) is 0 Å². The van der Waals surface area contributed by atoms with Gasteiger partial charge in [-0.2, -0.15) is 0 Å². The van der Waals surface area contributed by atoms with Crippen molar-refractivity contribution in [2.75, 3.05) is 39.2 Å². The molecule has 0 unspecified atom stereocenters. The van der Waals surface area contributed by atoms with Gasteiger partial charge in [-0.1, -0.05) is 24.3 Å². The summed E-state index contributed by atoms with van der Waals surface area (Å²) in [5.41, 5.74) is 2.42. The van der Waals surface area contributed by atoms with Gasteiger partial charge in [0.25, 0.3) is 0 Å². The molecule has 1 saturated heterocycles. The lowest BCUT2D eigenvalue weighted by Gasteiger charge is -2.35. The molecule has 0 aliphatic carbocycles. The van der Waals surface area contributed by atoms with E-state index in [2.05, 4.69) is 10.6 Å². The number of methoxy groups -OCH3 is 2. The zero-order chi connectivity index (χ0) is 20.5. The van der Waals surface area contributed by atoms with E-state index >= 15 is 0 Å². The predicted octanol–water partition coefficient (Wildman–Crippen LogP) is 3.37. The molecule has 0 atom stereocenters. The van der Waals surface area contributed by atoms with E-state index in [1.165, 1.54) is 0 Å². The Labute approximate surface area is 172 Å². The summed E-state index contributed by atoms with van der Waals surface area (Å²) in [4.78, 5) is 13.0.